The number of carbonyl (C=O) groups excluding carboxylic acids is 3. The van der Waals surface area contributed by atoms with Crippen LogP contribution in [0, 0.1) is 11.7 Å². The van der Waals surface area contributed by atoms with Crippen molar-refractivity contribution in [3.05, 3.63) is 24.0 Å². The first-order valence-corrected chi connectivity index (χ1v) is 9.27. The zero-order chi connectivity index (χ0) is 20.0. The fourth-order valence-corrected chi connectivity index (χ4v) is 3.22. The number of nitrogens with one attached hydrogen (secondary N) is 2. The van der Waals surface area contributed by atoms with E-state index in [9.17, 15) is 18.8 Å². The van der Waals surface area contributed by atoms with Gasteiger partial charge in [-0.15, -0.1) is 0 Å². The second kappa shape index (κ2) is 9.34. The molecular formula is C19H27FN4O3. The Kier molecular flexibility index (Phi) is 7.15. The molecule has 27 heavy (non-hydrogen) atoms. The summed E-state index contributed by atoms with van der Waals surface area (Å²) in [6, 6.07) is 3.58. The summed E-state index contributed by atoms with van der Waals surface area (Å²) < 4.78 is 14.0. The number of nitrogens with zero attached hydrogens (tertiary/aromatic N) is 2. The molecule has 1 aliphatic heterocycles. The Morgan fingerprint density at radius 1 is 1.15 bits per heavy atom. The van der Waals surface area contributed by atoms with E-state index in [2.05, 4.69) is 10.6 Å². The second-order valence-corrected chi connectivity index (χ2v) is 6.58. The van der Waals surface area contributed by atoms with Crippen molar-refractivity contribution < 1.29 is 18.8 Å². The number of halogens is 1. The van der Waals surface area contributed by atoms with Crippen LogP contribution in [0.15, 0.2) is 18.2 Å². The second-order valence-electron chi connectivity index (χ2n) is 6.58. The molecule has 1 aromatic rings. The van der Waals surface area contributed by atoms with Crippen LogP contribution in [-0.2, 0) is 9.59 Å². The standard InChI is InChI=1S/C19H27FN4O3/c1-4-23(5-2)18(26)14-8-10-24(11-9-14)19(27)22-17-12-15(21-13(3)25)6-7-16(17)20/h6-7,12,14H,4-5,8-11H2,1-3H3,(H,21,25)(H,22,27). The largest absolute Gasteiger partial charge is 0.343 e. The molecule has 1 fully saturated rings. The van der Waals surface area contributed by atoms with Gasteiger partial charge in [0.1, 0.15) is 5.82 Å². The highest BCUT2D eigenvalue weighted by molar-refractivity contribution is 5.92. The number of benzene rings is 1. The third-order valence-corrected chi connectivity index (χ3v) is 4.73. The highest BCUT2D eigenvalue weighted by Crippen LogP contribution is 2.23. The van der Waals surface area contributed by atoms with E-state index in [0.29, 0.717) is 44.7 Å². The van der Waals surface area contributed by atoms with Gasteiger partial charge in [0.05, 0.1) is 5.69 Å². The average molecular weight is 378 g/mol. The maximum atomic E-state index is 14.0. The average Bonchev–Trinajstić information content (AvgIpc) is 2.65. The number of hydrogen-bond acceptors (Lipinski definition) is 3. The van der Waals surface area contributed by atoms with Crippen LogP contribution >= 0.6 is 0 Å². The van der Waals surface area contributed by atoms with Crippen LogP contribution in [0.4, 0.5) is 20.6 Å². The summed E-state index contributed by atoms with van der Waals surface area (Å²) in [5.41, 5.74) is 0.412. The number of rotatable bonds is 5. The summed E-state index contributed by atoms with van der Waals surface area (Å²) in [4.78, 5) is 39.4. The van der Waals surface area contributed by atoms with Crippen LogP contribution in [0.5, 0.6) is 0 Å². The van der Waals surface area contributed by atoms with E-state index in [1.807, 2.05) is 18.7 Å². The van der Waals surface area contributed by atoms with Gasteiger partial charge in [-0.3, -0.25) is 9.59 Å². The van der Waals surface area contributed by atoms with Gasteiger partial charge in [-0.1, -0.05) is 0 Å². The minimum Gasteiger partial charge on any atom is -0.343 e. The lowest BCUT2D eigenvalue weighted by Gasteiger charge is -2.33. The molecule has 0 radical (unpaired) electrons. The first kappa shape index (κ1) is 20.7. The molecule has 1 heterocycles. The lowest BCUT2D eigenvalue weighted by atomic mass is 9.95. The van der Waals surface area contributed by atoms with Crippen LogP contribution in [0.2, 0.25) is 0 Å². The summed E-state index contributed by atoms with van der Waals surface area (Å²) in [6.07, 6.45) is 1.19. The van der Waals surface area contributed by atoms with Gasteiger partial charge in [0.15, 0.2) is 0 Å². The SMILES string of the molecule is CCN(CC)C(=O)C1CCN(C(=O)Nc2cc(NC(C)=O)ccc2F)CC1. The van der Waals surface area contributed by atoms with E-state index >= 15 is 0 Å². The molecular weight excluding hydrogens is 351 g/mol. The van der Waals surface area contributed by atoms with Crippen molar-refractivity contribution in [2.24, 2.45) is 5.92 Å². The van der Waals surface area contributed by atoms with Crippen molar-refractivity contribution in [3.8, 4) is 0 Å². The van der Waals surface area contributed by atoms with E-state index in [-0.39, 0.29) is 23.4 Å². The first-order valence-electron chi connectivity index (χ1n) is 9.27. The van der Waals surface area contributed by atoms with Crippen molar-refractivity contribution in [2.75, 3.05) is 36.8 Å². The summed E-state index contributed by atoms with van der Waals surface area (Å²) >= 11 is 0. The zero-order valence-corrected chi connectivity index (χ0v) is 16.0. The van der Waals surface area contributed by atoms with Crippen LogP contribution in [0.25, 0.3) is 0 Å². The van der Waals surface area contributed by atoms with Crippen LogP contribution in [-0.4, -0.2) is 53.8 Å². The number of likely N-dealkylation sites (tertiary alicyclic amines) is 1. The molecule has 0 saturated carbocycles. The van der Waals surface area contributed by atoms with Crippen LogP contribution in [0.3, 0.4) is 0 Å². The fourth-order valence-electron chi connectivity index (χ4n) is 3.22. The maximum absolute atomic E-state index is 14.0. The quantitative estimate of drug-likeness (QED) is 0.827. The molecule has 4 amide bonds. The molecule has 2 rings (SSSR count). The molecule has 1 saturated heterocycles. The van der Waals surface area contributed by atoms with Gasteiger partial charge in [0.2, 0.25) is 11.8 Å². The Morgan fingerprint density at radius 2 is 1.78 bits per heavy atom. The number of piperidine rings is 1. The van der Waals surface area contributed by atoms with Gasteiger partial charge in [-0.25, -0.2) is 9.18 Å². The van der Waals surface area contributed by atoms with Gasteiger partial charge < -0.3 is 20.4 Å². The molecule has 0 atom stereocenters. The number of urea groups is 1. The van der Waals surface area contributed by atoms with Gasteiger partial charge >= 0.3 is 6.03 Å². The Bertz CT molecular complexity index is 698. The molecule has 2 N–H and O–H groups in total. The van der Waals surface area contributed by atoms with Crippen molar-refractivity contribution in [1.29, 1.82) is 0 Å². The monoisotopic (exact) mass is 378 g/mol. The number of amides is 4. The van der Waals surface area contributed by atoms with E-state index in [1.165, 1.54) is 25.1 Å². The van der Waals surface area contributed by atoms with E-state index in [0.717, 1.165) is 0 Å². The summed E-state index contributed by atoms with van der Waals surface area (Å²) in [5.74, 6) is -0.800. The summed E-state index contributed by atoms with van der Waals surface area (Å²) in [7, 11) is 0. The predicted molar refractivity (Wildman–Crippen MR) is 102 cm³/mol. The van der Waals surface area contributed by atoms with E-state index in [4.69, 9.17) is 0 Å². The number of anilines is 2. The number of carbonyl (C=O) groups is 3. The first-order chi connectivity index (χ1) is 12.8. The molecule has 0 aliphatic carbocycles. The fraction of sp³-hybridized carbons (Fsp3) is 0.526. The lowest BCUT2D eigenvalue weighted by Crippen LogP contribution is -2.45. The highest BCUT2D eigenvalue weighted by Gasteiger charge is 2.29. The molecule has 0 aromatic heterocycles. The molecule has 0 spiro atoms. The molecule has 148 valence electrons. The van der Waals surface area contributed by atoms with Crippen LogP contribution in [0.1, 0.15) is 33.6 Å². The lowest BCUT2D eigenvalue weighted by molar-refractivity contribution is -0.136. The van der Waals surface area contributed by atoms with Gasteiger partial charge in [-0.05, 0) is 44.9 Å². The summed E-state index contributed by atoms with van der Waals surface area (Å²) in [6.45, 7) is 7.50. The molecule has 0 unspecified atom stereocenters. The minimum atomic E-state index is -0.580. The van der Waals surface area contributed by atoms with Crippen LogP contribution < -0.4 is 10.6 Å². The van der Waals surface area contributed by atoms with Crippen molar-refractivity contribution in [2.45, 2.75) is 33.6 Å². The highest BCUT2D eigenvalue weighted by atomic mass is 19.1. The Hall–Kier alpha value is -2.64. The minimum absolute atomic E-state index is 0.00703. The molecule has 0 bridgehead atoms. The third-order valence-electron chi connectivity index (χ3n) is 4.73. The van der Waals surface area contributed by atoms with Crippen molar-refractivity contribution in [3.63, 3.8) is 0 Å². The smallest absolute Gasteiger partial charge is 0.321 e. The van der Waals surface area contributed by atoms with Gasteiger partial charge in [0, 0.05) is 44.7 Å². The van der Waals surface area contributed by atoms with Gasteiger partial charge in [0.25, 0.3) is 0 Å². The predicted octanol–water partition coefficient (Wildman–Crippen LogP) is 2.90. The molecule has 7 nitrogen and oxygen atoms in total. The maximum Gasteiger partial charge on any atom is 0.321 e. The third kappa shape index (κ3) is 5.42. The molecule has 1 aliphatic rings. The van der Waals surface area contributed by atoms with E-state index < -0.39 is 11.8 Å². The topological polar surface area (TPSA) is 81.8 Å². The Morgan fingerprint density at radius 3 is 2.33 bits per heavy atom. The molecule has 8 heteroatoms. The van der Waals surface area contributed by atoms with E-state index in [1.54, 1.807) is 4.90 Å². The Labute approximate surface area is 158 Å². The number of hydrogen-bond donors (Lipinski definition) is 2. The molecule has 1 aromatic carbocycles. The van der Waals surface area contributed by atoms with Gasteiger partial charge in [-0.2, -0.15) is 0 Å². The van der Waals surface area contributed by atoms with Crippen molar-refractivity contribution in [1.82, 2.24) is 9.80 Å². The van der Waals surface area contributed by atoms with Crippen molar-refractivity contribution >= 4 is 29.2 Å². The normalized spacial score (nSPS) is 14.6. The Balaban J connectivity index is 1.95. The zero-order valence-electron chi connectivity index (χ0n) is 16.0. The summed E-state index contributed by atoms with van der Waals surface area (Å²) in [5, 5.41) is 5.10.